The molecule has 0 spiro atoms. The molecule has 0 bridgehead atoms. The Morgan fingerprint density at radius 1 is 0.585 bits per heavy atom. The van der Waals surface area contributed by atoms with Gasteiger partial charge in [-0.15, -0.1) is 0 Å². The molecule has 2 nitrogen and oxygen atoms in total. The van der Waals surface area contributed by atoms with Crippen molar-refractivity contribution in [2.24, 2.45) is 0 Å². The van der Waals surface area contributed by atoms with Gasteiger partial charge in [-0.05, 0) is 0 Å². The normalized spacial score (nSPS) is 18.5. The van der Waals surface area contributed by atoms with E-state index >= 15 is 0 Å². The first-order valence-electron chi connectivity index (χ1n) is 16.3. The van der Waals surface area contributed by atoms with Crippen LogP contribution in [0.5, 0.6) is 11.5 Å². The number of halogens is 2. The third-order valence-electron chi connectivity index (χ3n) is 9.93. The van der Waals surface area contributed by atoms with Crippen LogP contribution < -0.4 is 9.47 Å². The fourth-order valence-electron chi connectivity index (χ4n) is 7.15. The Morgan fingerprint density at radius 3 is 1.22 bits per heavy atom. The SMILES string of the molecule is CC(C)(C)c1ccc(O[CH2][Ge]([CH2]Oc2ccc(C(C)(C)C)cc2Br)([CH]2CCCCCC2)[CH]2CCCCCC2)c(Br)c1. The van der Waals surface area contributed by atoms with Gasteiger partial charge in [0.2, 0.25) is 0 Å². The van der Waals surface area contributed by atoms with Crippen LogP contribution in [0.15, 0.2) is 45.3 Å². The molecule has 2 aliphatic rings. The van der Waals surface area contributed by atoms with Gasteiger partial charge >= 0.3 is 272 Å². The molecule has 4 rings (SSSR count). The molecule has 0 unspecified atom stereocenters. The third kappa shape index (κ3) is 8.81. The fourth-order valence-corrected chi connectivity index (χ4v) is 20.0. The maximum absolute atomic E-state index is 6.99. The zero-order chi connectivity index (χ0) is 29.7. The van der Waals surface area contributed by atoms with Gasteiger partial charge in [0, 0.05) is 0 Å². The average molecular weight is 751 g/mol. The average Bonchev–Trinajstić information content (AvgIpc) is 3.36. The van der Waals surface area contributed by atoms with E-state index in [0.29, 0.717) is 0 Å². The molecule has 0 aliphatic heterocycles. The van der Waals surface area contributed by atoms with Crippen LogP contribution in [0.4, 0.5) is 0 Å². The summed E-state index contributed by atoms with van der Waals surface area (Å²) >= 11 is 5.01. The van der Waals surface area contributed by atoms with Crippen molar-refractivity contribution in [1.82, 2.24) is 0 Å². The van der Waals surface area contributed by atoms with Crippen LogP contribution in [-0.2, 0) is 10.8 Å². The Morgan fingerprint density at radius 2 is 0.927 bits per heavy atom. The van der Waals surface area contributed by atoms with Crippen LogP contribution in [0.25, 0.3) is 0 Å². The van der Waals surface area contributed by atoms with Crippen LogP contribution in [0, 0.1) is 0 Å². The van der Waals surface area contributed by atoms with Crippen molar-refractivity contribution in [1.29, 1.82) is 0 Å². The quantitative estimate of drug-likeness (QED) is 0.198. The standard InChI is InChI=1S/C36H54Br2GeO2/c1-35(2,3)27-19-21-33(31(37)23-27)40-25-39(29-15-11-7-8-12-16-29,30-17-13-9-10-14-18-30)26-41-34-22-20-28(24-32(34)38)36(4,5)6/h19-24,29-30H,7-18,25-26H2,1-6H3. The molecule has 0 saturated heterocycles. The summed E-state index contributed by atoms with van der Waals surface area (Å²) in [4.78, 5) is 0. The maximum atomic E-state index is 6.99. The molecule has 2 saturated carbocycles. The van der Waals surface area contributed by atoms with E-state index in [4.69, 9.17) is 9.47 Å². The van der Waals surface area contributed by atoms with E-state index in [2.05, 4.69) is 110 Å². The van der Waals surface area contributed by atoms with Gasteiger partial charge in [0.15, 0.2) is 0 Å². The van der Waals surface area contributed by atoms with Crippen LogP contribution in [0.3, 0.4) is 0 Å². The van der Waals surface area contributed by atoms with E-state index in [-0.39, 0.29) is 10.8 Å². The summed E-state index contributed by atoms with van der Waals surface area (Å²) < 4.78 is 17.8. The van der Waals surface area contributed by atoms with E-state index in [1.165, 1.54) is 88.2 Å². The van der Waals surface area contributed by atoms with E-state index in [0.717, 1.165) is 40.8 Å². The van der Waals surface area contributed by atoms with E-state index in [1.807, 2.05) is 0 Å². The summed E-state index contributed by atoms with van der Waals surface area (Å²) in [6.07, 6.45) is 16.5. The van der Waals surface area contributed by atoms with Crippen LogP contribution in [0.2, 0.25) is 9.50 Å². The number of benzene rings is 2. The van der Waals surface area contributed by atoms with Crippen molar-refractivity contribution >= 4 is 45.1 Å². The summed E-state index contributed by atoms with van der Waals surface area (Å²) in [5.41, 5.74) is 4.72. The molecule has 0 heterocycles. The second-order valence-corrected chi connectivity index (χ2v) is 26.5. The van der Waals surface area contributed by atoms with Crippen molar-refractivity contribution in [2.75, 3.05) is 10.9 Å². The topological polar surface area (TPSA) is 18.5 Å². The predicted octanol–water partition coefficient (Wildman–Crippen LogP) is 12.2. The fraction of sp³-hybridized carbons (Fsp3) is 0.667. The number of ether oxygens (including phenoxy) is 2. The van der Waals surface area contributed by atoms with E-state index in [1.54, 1.807) is 0 Å². The minimum atomic E-state index is -2.77. The molecular weight excluding hydrogens is 697 g/mol. The van der Waals surface area contributed by atoms with Gasteiger partial charge in [-0.1, -0.05) is 0 Å². The Labute approximate surface area is 270 Å². The molecule has 0 aromatic heterocycles. The van der Waals surface area contributed by atoms with Gasteiger partial charge in [-0.2, -0.15) is 0 Å². The van der Waals surface area contributed by atoms with Crippen molar-refractivity contribution in [3.05, 3.63) is 56.5 Å². The summed E-state index contributed by atoms with van der Waals surface area (Å²) in [5, 5.41) is 0. The molecule has 5 heteroatoms. The third-order valence-corrected chi connectivity index (χ3v) is 23.3. The van der Waals surface area contributed by atoms with Crippen molar-refractivity contribution < 1.29 is 9.47 Å². The molecule has 2 aliphatic carbocycles. The summed E-state index contributed by atoms with van der Waals surface area (Å²) in [6.45, 7) is 13.7. The number of hydrogen-bond acceptors (Lipinski definition) is 2. The van der Waals surface area contributed by atoms with E-state index in [9.17, 15) is 0 Å². The van der Waals surface area contributed by atoms with Gasteiger partial charge in [0.25, 0.3) is 0 Å². The molecule has 2 aromatic carbocycles. The van der Waals surface area contributed by atoms with Crippen LogP contribution in [-0.4, -0.2) is 24.1 Å². The Bertz CT molecular complexity index is 1030. The first kappa shape index (κ1) is 33.4. The van der Waals surface area contributed by atoms with E-state index < -0.39 is 13.3 Å². The molecule has 228 valence electrons. The molecular formula is C36H54Br2GeO2. The summed E-state index contributed by atoms with van der Waals surface area (Å²) in [6, 6.07) is 13.5. The zero-order valence-corrected chi connectivity index (χ0v) is 31.9. The Kier molecular flexibility index (Phi) is 11.9. The summed E-state index contributed by atoms with van der Waals surface area (Å²) in [7, 11) is 0. The minimum absolute atomic E-state index is 0.118. The van der Waals surface area contributed by atoms with Crippen molar-refractivity contribution in [2.45, 2.75) is 139 Å². The molecule has 0 atom stereocenters. The van der Waals surface area contributed by atoms with Gasteiger partial charge in [-0.3, -0.25) is 0 Å². The number of rotatable bonds is 8. The molecule has 2 fully saturated rings. The Balaban J connectivity index is 1.69. The van der Waals surface area contributed by atoms with Gasteiger partial charge in [0.1, 0.15) is 0 Å². The van der Waals surface area contributed by atoms with Gasteiger partial charge in [0.05, 0.1) is 0 Å². The van der Waals surface area contributed by atoms with Crippen LogP contribution >= 0.6 is 31.9 Å². The zero-order valence-electron chi connectivity index (χ0n) is 26.6. The molecule has 0 N–H and O–H groups in total. The second-order valence-electron chi connectivity index (χ2n) is 15.0. The van der Waals surface area contributed by atoms with Crippen LogP contribution in [0.1, 0.15) is 130 Å². The second kappa shape index (κ2) is 14.5. The Hall–Kier alpha value is -0.457. The van der Waals surface area contributed by atoms with Gasteiger partial charge in [-0.25, -0.2) is 0 Å². The van der Waals surface area contributed by atoms with Crippen molar-refractivity contribution in [3.8, 4) is 11.5 Å². The summed E-state index contributed by atoms with van der Waals surface area (Å²) in [5.74, 6) is 2.01. The molecule has 2 aromatic rings. The van der Waals surface area contributed by atoms with Gasteiger partial charge < -0.3 is 0 Å². The van der Waals surface area contributed by atoms with Crippen molar-refractivity contribution in [3.63, 3.8) is 0 Å². The monoisotopic (exact) mass is 750 g/mol. The molecule has 0 radical (unpaired) electrons. The molecule has 0 amide bonds. The first-order chi connectivity index (χ1) is 19.4. The molecule has 41 heavy (non-hydrogen) atoms. The first-order valence-corrected chi connectivity index (χ1v) is 23.2. The number of hydrogen-bond donors (Lipinski definition) is 0. The predicted molar refractivity (Wildman–Crippen MR) is 185 cm³/mol.